The molecule has 0 aromatic carbocycles. The van der Waals surface area contributed by atoms with E-state index < -0.39 is 25.0 Å². The number of aliphatic hydroxyl groups excluding tert-OH is 5. The summed E-state index contributed by atoms with van der Waals surface area (Å²) >= 11 is 0. The van der Waals surface area contributed by atoms with Crippen LogP contribution in [0, 0.1) is 0 Å². The van der Waals surface area contributed by atoms with Crippen LogP contribution < -0.4 is 0 Å². The van der Waals surface area contributed by atoms with Crippen LogP contribution in [0.2, 0.25) is 0 Å². The average molecular weight is 335 g/mol. The van der Waals surface area contributed by atoms with E-state index in [0.717, 1.165) is 4.90 Å². The van der Waals surface area contributed by atoms with Gasteiger partial charge in [0.2, 0.25) is 6.35 Å². The average Bonchev–Trinajstić information content (AvgIpc) is 2.51. The summed E-state index contributed by atoms with van der Waals surface area (Å²) in [5, 5.41) is 48.1. The maximum Gasteiger partial charge on any atom is 0.335 e. The van der Waals surface area contributed by atoms with E-state index in [-0.39, 0.29) is 45.0 Å². The van der Waals surface area contributed by atoms with Crippen LogP contribution >= 0.6 is 0 Å². The van der Waals surface area contributed by atoms with Crippen molar-refractivity contribution in [3.8, 4) is 0 Å². The van der Waals surface area contributed by atoms with E-state index in [1.807, 2.05) is 0 Å². The topological polar surface area (TPSA) is 137 Å². The van der Waals surface area contributed by atoms with Crippen molar-refractivity contribution in [2.45, 2.75) is 26.0 Å². The third kappa shape index (κ3) is 4.68. The van der Waals surface area contributed by atoms with Gasteiger partial charge < -0.3 is 30.3 Å². The summed E-state index contributed by atoms with van der Waals surface area (Å²) in [6.45, 7) is 3.72. The molecule has 2 atom stereocenters. The van der Waals surface area contributed by atoms with Crippen molar-refractivity contribution in [1.82, 2.24) is 14.7 Å². The summed E-state index contributed by atoms with van der Waals surface area (Å²) in [6.07, 6.45) is -4.01. The highest BCUT2D eigenvalue weighted by molar-refractivity contribution is 5.87. The van der Waals surface area contributed by atoms with E-state index in [9.17, 15) is 25.2 Å². The molecule has 10 heteroatoms. The molecule has 1 aliphatic heterocycles. The predicted molar refractivity (Wildman–Crippen MR) is 78.1 cm³/mol. The predicted octanol–water partition coefficient (Wildman–Crippen LogP) is -3.16. The number of nitrogens with zero attached hydrogens (tertiary/aromatic N) is 3. The highest BCUT2D eigenvalue weighted by Gasteiger charge is 2.46. The number of hydrogen-bond acceptors (Lipinski definition) is 10. The fourth-order valence-corrected chi connectivity index (χ4v) is 2.28. The van der Waals surface area contributed by atoms with Crippen molar-refractivity contribution >= 4 is 5.97 Å². The molecule has 23 heavy (non-hydrogen) atoms. The van der Waals surface area contributed by atoms with Gasteiger partial charge in [0.15, 0.2) is 12.7 Å². The number of carbonyl (C=O) groups excluding carboxylic acids is 1. The first-order valence-corrected chi connectivity index (χ1v) is 7.21. The standard InChI is InChI=1S/C13H25N3O7/c1-9(2)10(20)23-13-15(4-7-18)11(21)14(3-6-17)12(22)16(13)5-8-19/h11-13,17-19,21-22H,1,3-8H2,2H3. The molecule has 1 aliphatic rings. The lowest BCUT2D eigenvalue weighted by molar-refractivity contribution is -0.342. The summed E-state index contributed by atoms with van der Waals surface area (Å²) in [7, 11) is 0. The highest BCUT2D eigenvalue weighted by Crippen LogP contribution is 2.24. The fourth-order valence-electron chi connectivity index (χ4n) is 2.28. The Morgan fingerprint density at radius 1 is 0.957 bits per heavy atom. The number of β-amino-alcohol motifs (C(OH)–C–C–N with tert-alkyl or cyclic N) is 3. The summed E-state index contributed by atoms with van der Waals surface area (Å²) in [4.78, 5) is 15.4. The van der Waals surface area contributed by atoms with Gasteiger partial charge in [0, 0.05) is 25.2 Å². The molecule has 0 bridgehead atoms. The molecule has 1 saturated heterocycles. The third-order valence-electron chi connectivity index (χ3n) is 3.39. The van der Waals surface area contributed by atoms with Gasteiger partial charge in [0.25, 0.3) is 0 Å². The van der Waals surface area contributed by atoms with Crippen LogP contribution in [-0.2, 0) is 9.53 Å². The van der Waals surface area contributed by atoms with Crippen molar-refractivity contribution in [3.05, 3.63) is 12.2 Å². The molecule has 0 spiro atoms. The zero-order valence-electron chi connectivity index (χ0n) is 13.1. The second kappa shape index (κ2) is 9.25. The zero-order valence-corrected chi connectivity index (χ0v) is 13.1. The molecule has 2 unspecified atom stereocenters. The number of rotatable bonds is 8. The van der Waals surface area contributed by atoms with Gasteiger partial charge in [0.05, 0.1) is 19.8 Å². The smallest absolute Gasteiger partial charge is 0.335 e. The molecule has 0 aromatic rings. The van der Waals surface area contributed by atoms with Crippen LogP contribution in [0.15, 0.2) is 12.2 Å². The quantitative estimate of drug-likeness (QED) is 0.228. The van der Waals surface area contributed by atoms with Gasteiger partial charge in [-0.05, 0) is 6.92 Å². The molecule has 0 aliphatic carbocycles. The lowest BCUT2D eigenvalue weighted by Crippen LogP contribution is -2.72. The lowest BCUT2D eigenvalue weighted by Gasteiger charge is -2.52. The summed E-state index contributed by atoms with van der Waals surface area (Å²) in [6, 6.07) is 0. The van der Waals surface area contributed by atoms with Crippen LogP contribution in [-0.4, -0.2) is 105 Å². The Morgan fingerprint density at radius 3 is 1.70 bits per heavy atom. The third-order valence-corrected chi connectivity index (χ3v) is 3.39. The maximum absolute atomic E-state index is 11.8. The van der Waals surface area contributed by atoms with Crippen LogP contribution in [0.4, 0.5) is 0 Å². The van der Waals surface area contributed by atoms with Gasteiger partial charge in [-0.2, -0.15) is 0 Å². The summed E-state index contributed by atoms with van der Waals surface area (Å²) < 4.78 is 5.23. The van der Waals surface area contributed by atoms with Crippen molar-refractivity contribution in [2.75, 3.05) is 39.5 Å². The van der Waals surface area contributed by atoms with Gasteiger partial charge in [-0.15, -0.1) is 0 Å². The molecule has 1 rings (SSSR count). The number of esters is 1. The molecule has 0 radical (unpaired) electrons. The molecule has 5 N–H and O–H groups in total. The van der Waals surface area contributed by atoms with Gasteiger partial charge in [-0.1, -0.05) is 6.58 Å². The molecular weight excluding hydrogens is 310 g/mol. The van der Waals surface area contributed by atoms with Gasteiger partial charge in [-0.25, -0.2) is 19.5 Å². The SMILES string of the molecule is C=C(C)C(=O)OC1N(CCO)C(O)N(CCO)C(O)N1CCO. The molecule has 0 amide bonds. The monoisotopic (exact) mass is 335 g/mol. The molecule has 134 valence electrons. The Bertz CT molecular complexity index is 389. The molecule has 0 saturated carbocycles. The Balaban J connectivity index is 3.11. The minimum atomic E-state index is -1.40. The lowest BCUT2D eigenvalue weighted by atomic mass is 10.3. The van der Waals surface area contributed by atoms with E-state index in [1.54, 1.807) is 0 Å². The maximum atomic E-state index is 11.8. The molecule has 1 heterocycles. The fraction of sp³-hybridized carbons (Fsp3) is 0.769. The van der Waals surface area contributed by atoms with Crippen LogP contribution in [0.25, 0.3) is 0 Å². The normalized spacial score (nSPS) is 27.1. The second-order valence-electron chi connectivity index (χ2n) is 5.09. The number of hydrogen-bond donors (Lipinski definition) is 5. The van der Waals surface area contributed by atoms with E-state index in [4.69, 9.17) is 9.84 Å². The van der Waals surface area contributed by atoms with E-state index in [1.165, 1.54) is 16.7 Å². The minimum absolute atomic E-state index is 0.0622. The second-order valence-corrected chi connectivity index (χ2v) is 5.09. The largest absolute Gasteiger partial charge is 0.429 e. The van der Waals surface area contributed by atoms with Crippen molar-refractivity contribution in [3.63, 3.8) is 0 Å². The first-order valence-electron chi connectivity index (χ1n) is 7.21. The van der Waals surface area contributed by atoms with Crippen molar-refractivity contribution in [2.24, 2.45) is 0 Å². The van der Waals surface area contributed by atoms with Crippen LogP contribution in [0.3, 0.4) is 0 Å². The summed E-state index contributed by atoms with van der Waals surface area (Å²) in [5.74, 6) is -0.740. The molecule has 10 nitrogen and oxygen atoms in total. The zero-order chi connectivity index (χ0) is 17.6. The van der Waals surface area contributed by atoms with Gasteiger partial charge in [0.1, 0.15) is 0 Å². The Hall–Kier alpha value is -1.11. The van der Waals surface area contributed by atoms with E-state index in [0.29, 0.717) is 0 Å². The molecular formula is C13H25N3O7. The van der Waals surface area contributed by atoms with Crippen molar-refractivity contribution < 1.29 is 35.1 Å². The van der Waals surface area contributed by atoms with Crippen LogP contribution in [0.5, 0.6) is 0 Å². The molecule has 0 aromatic heterocycles. The Kier molecular flexibility index (Phi) is 8.02. The van der Waals surface area contributed by atoms with Gasteiger partial charge in [-0.3, -0.25) is 0 Å². The van der Waals surface area contributed by atoms with Crippen LogP contribution in [0.1, 0.15) is 6.92 Å². The van der Waals surface area contributed by atoms with Crippen molar-refractivity contribution in [1.29, 1.82) is 0 Å². The van der Waals surface area contributed by atoms with Gasteiger partial charge >= 0.3 is 5.97 Å². The molecule has 1 fully saturated rings. The van der Waals surface area contributed by atoms with E-state index >= 15 is 0 Å². The van der Waals surface area contributed by atoms with E-state index in [2.05, 4.69) is 6.58 Å². The summed E-state index contributed by atoms with van der Waals surface area (Å²) in [5.41, 5.74) is 0.125. The Labute approximate surface area is 134 Å². The highest BCUT2D eigenvalue weighted by atomic mass is 16.6. The Morgan fingerprint density at radius 2 is 1.35 bits per heavy atom. The number of carbonyl (C=O) groups is 1. The number of ether oxygens (including phenoxy) is 1. The first-order chi connectivity index (χ1) is 10.9. The number of aliphatic hydroxyl groups is 5. The minimum Gasteiger partial charge on any atom is -0.429 e. The first kappa shape index (κ1) is 19.9.